The van der Waals surface area contributed by atoms with Crippen LogP contribution in [0.25, 0.3) is 0 Å². The lowest BCUT2D eigenvalue weighted by atomic mass is 10.1. The smallest absolute Gasteiger partial charge is 0.352 e. The van der Waals surface area contributed by atoms with Gasteiger partial charge in [-0.1, -0.05) is 41.9 Å². The van der Waals surface area contributed by atoms with Crippen LogP contribution in [0.3, 0.4) is 0 Å². The number of rotatable bonds is 5. The van der Waals surface area contributed by atoms with Gasteiger partial charge in [0.2, 0.25) is 5.91 Å². The molecule has 1 atom stereocenters. The fraction of sp³-hybridized carbons (Fsp3) is 0.278. The monoisotopic (exact) mass is 385 g/mol. The van der Waals surface area contributed by atoms with Crippen molar-refractivity contribution in [2.24, 2.45) is 0 Å². The van der Waals surface area contributed by atoms with E-state index in [2.05, 4.69) is 5.32 Å². The number of nitrogens with one attached hydrogen (secondary N) is 1. The van der Waals surface area contributed by atoms with E-state index in [4.69, 9.17) is 11.6 Å². The van der Waals surface area contributed by atoms with E-state index in [1.54, 1.807) is 24.3 Å². The molecule has 132 valence electrons. The first-order valence-electron chi connectivity index (χ1n) is 7.73. The Morgan fingerprint density at radius 3 is 2.44 bits per heavy atom. The van der Waals surface area contributed by atoms with Crippen molar-refractivity contribution in [1.29, 1.82) is 0 Å². The second-order valence-electron chi connectivity index (χ2n) is 5.83. The van der Waals surface area contributed by atoms with E-state index in [1.807, 2.05) is 6.07 Å². The summed E-state index contributed by atoms with van der Waals surface area (Å²) in [5.41, 5.74) is -0.150. The first-order chi connectivity index (χ1) is 11.8. The zero-order valence-electron chi connectivity index (χ0n) is 13.0. The topological polar surface area (TPSA) is 29.1 Å². The number of hydrogen-bond acceptors (Lipinski definition) is 2. The van der Waals surface area contributed by atoms with Crippen molar-refractivity contribution < 1.29 is 18.0 Å². The molecule has 1 amide bonds. The average Bonchev–Trinajstić information content (AvgIpc) is 3.37. The number of halogens is 4. The average molecular weight is 386 g/mol. The summed E-state index contributed by atoms with van der Waals surface area (Å²) >= 11 is 6.75. The molecule has 0 spiro atoms. The minimum atomic E-state index is -4.54. The Morgan fingerprint density at radius 2 is 1.84 bits per heavy atom. The van der Waals surface area contributed by atoms with E-state index in [0.717, 1.165) is 36.2 Å². The van der Waals surface area contributed by atoms with Gasteiger partial charge in [-0.25, -0.2) is 0 Å². The highest BCUT2D eigenvalue weighted by atomic mass is 35.5. The summed E-state index contributed by atoms with van der Waals surface area (Å²) in [5.74, 6) is -0.192. The van der Waals surface area contributed by atoms with Crippen molar-refractivity contribution in [2.75, 3.05) is 0 Å². The number of thioether (sulfide) groups is 1. The summed E-state index contributed by atoms with van der Waals surface area (Å²) in [6.07, 6.45) is -2.65. The van der Waals surface area contributed by atoms with Crippen LogP contribution in [0.15, 0.2) is 53.4 Å². The van der Waals surface area contributed by atoms with Crippen molar-refractivity contribution in [3.05, 3.63) is 64.7 Å². The van der Waals surface area contributed by atoms with Gasteiger partial charge >= 0.3 is 6.18 Å². The Balaban J connectivity index is 1.88. The van der Waals surface area contributed by atoms with Crippen LogP contribution in [0.4, 0.5) is 13.2 Å². The number of carbonyl (C=O) groups is 1. The molecule has 2 aromatic rings. The molecular formula is C18H15ClF3NOS. The minimum absolute atomic E-state index is 0.176. The molecular weight excluding hydrogens is 371 g/mol. The van der Waals surface area contributed by atoms with Crippen LogP contribution >= 0.6 is 23.4 Å². The van der Waals surface area contributed by atoms with Gasteiger partial charge in [-0.15, -0.1) is 11.8 Å². The van der Waals surface area contributed by atoms with Crippen LogP contribution in [0, 0.1) is 0 Å². The van der Waals surface area contributed by atoms with E-state index in [1.165, 1.54) is 12.1 Å². The summed E-state index contributed by atoms with van der Waals surface area (Å²) in [6, 6.07) is 12.9. The number of carbonyl (C=O) groups excluding carboxylic acids is 1. The van der Waals surface area contributed by atoms with Gasteiger partial charge in [0.15, 0.2) is 0 Å². The molecule has 0 radical (unpaired) electrons. The Hall–Kier alpha value is -1.66. The lowest BCUT2D eigenvalue weighted by Gasteiger charge is -2.18. The lowest BCUT2D eigenvalue weighted by molar-refractivity contribution is -0.137. The van der Waals surface area contributed by atoms with Gasteiger partial charge in [0.25, 0.3) is 0 Å². The zero-order valence-corrected chi connectivity index (χ0v) is 14.6. The zero-order chi connectivity index (χ0) is 18.0. The molecule has 2 nitrogen and oxygen atoms in total. The Labute approximate surface area is 152 Å². The second kappa shape index (κ2) is 7.30. The summed E-state index contributed by atoms with van der Waals surface area (Å²) in [6.45, 7) is 0. The van der Waals surface area contributed by atoms with Gasteiger partial charge in [-0.3, -0.25) is 4.79 Å². The molecule has 1 aliphatic rings. The highest BCUT2D eigenvalue weighted by Crippen LogP contribution is 2.41. The predicted octanol–water partition coefficient (Wildman–Crippen LogP) is 5.47. The number of benzene rings is 2. The first kappa shape index (κ1) is 18.1. The van der Waals surface area contributed by atoms with E-state index in [9.17, 15) is 18.0 Å². The van der Waals surface area contributed by atoms with E-state index < -0.39 is 17.0 Å². The molecule has 2 aromatic carbocycles. The molecule has 25 heavy (non-hydrogen) atoms. The largest absolute Gasteiger partial charge is 0.417 e. The highest BCUT2D eigenvalue weighted by molar-refractivity contribution is 8.00. The van der Waals surface area contributed by atoms with Gasteiger partial charge in [0.05, 0.1) is 10.6 Å². The van der Waals surface area contributed by atoms with Gasteiger partial charge in [0.1, 0.15) is 5.25 Å². The summed E-state index contributed by atoms with van der Waals surface area (Å²) in [7, 11) is 0. The molecule has 0 saturated heterocycles. The van der Waals surface area contributed by atoms with Crippen molar-refractivity contribution in [2.45, 2.75) is 35.2 Å². The van der Waals surface area contributed by atoms with Crippen molar-refractivity contribution in [3.63, 3.8) is 0 Å². The number of alkyl halides is 3. The maximum absolute atomic E-state index is 13.1. The fourth-order valence-corrected chi connectivity index (χ4v) is 3.63. The maximum atomic E-state index is 13.1. The molecule has 0 aliphatic heterocycles. The predicted molar refractivity (Wildman–Crippen MR) is 92.7 cm³/mol. The lowest BCUT2D eigenvalue weighted by Crippen LogP contribution is -2.29. The van der Waals surface area contributed by atoms with Crippen molar-refractivity contribution in [1.82, 2.24) is 5.32 Å². The molecule has 1 aliphatic carbocycles. The van der Waals surface area contributed by atoms with Crippen molar-refractivity contribution in [3.8, 4) is 0 Å². The van der Waals surface area contributed by atoms with Crippen LogP contribution < -0.4 is 5.32 Å². The molecule has 0 heterocycles. The standard InChI is InChI=1S/C18H15ClF3NOS/c19-15-9-8-13(10-14(15)18(20,21)22)25-16(11-4-2-1-3-5-11)17(24)23-12-6-7-12/h1-5,8-10,12,16H,6-7H2,(H,23,24)/t16-/m1/s1. The molecule has 1 saturated carbocycles. The van der Waals surface area contributed by atoms with Crippen molar-refractivity contribution >= 4 is 29.3 Å². The van der Waals surface area contributed by atoms with Gasteiger partial charge in [-0.05, 0) is 36.6 Å². The third kappa shape index (κ3) is 4.70. The third-order valence-corrected chi connectivity index (χ3v) is 5.34. The number of amides is 1. The van der Waals surface area contributed by atoms with Crippen LogP contribution in [0.2, 0.25) is 5.02 Å². The Kier molecular flexibility index (Phi) is 5.29. The summed E-state index contributed by atoms with van der Waals surface area (Å²) in [5, 5.41) is 1.95. The first-order valence-corrected chi connectivity index (χ1v) is 8.99. The van der Waals surface area contributed by atoms with Crippen LogP contribution in [0.1, 0.15) is 29.2 Å². The molecule has 0 unspecified atom stereocenters. The molecule has 7 heteroatoms. The fourth-order valence-electron chi connectivity index (χ4n) is 2.34. The van der Waals surface area contributed by atoms with Crippen LogP contribution in [-0.2, 0) is 11.0 Å². The van der Waals surface area contributed by atoms with Gasteiger partial charge < -0.3 is 5.32 Å². The normalized spacial score (nSPS) is 15.7. The molecule has 1 fully saturated rings. The van der Waals surface area contributed by atoms with Gasteiger partial charge in [-0.2, -0.15) is 13.2 Å². The maximum Gasteiger partial charge on any atom is 0.417 e. The van der Waals surface area contributed by atoms with E-state index >= 15 is 0 Å². The highest BCUT2D eigenvalue weighted by Gasteiger charge is 2.34. The summed E-state index contributed by atoms with van der Waals surface area (Å²) < 4.78 is 39.2. The Morgan fingerprint density at radius 1 is 1.16 bits per heavy atom. The Bertz CT molecular complexity index is 763. The van der Waals surface area contributed by atoms with E-state index in [-0.39, 0.29) is 17.0 Å². The van der Waals surface area contributed by atoms with E-state index in [0.29, 0.717) is 4.90 Å². The molecule has 0 aromatic heterocycles. The number of hydrogen-bond donors (Lipinski definition) is 1. The molecule has 3 rings (SSSR count). The molecule has 1 N–H and O–H groups in total. The molecule has 0 bridgehead atoms. The quantitative estimate of drug-likeness (QED) is 0.691. The van der Waals surface area contributed by atoms with Gasteiger partial charge in [0, 0.05) is 10.9 Å². The minimum Gasteiger partial charge on any atom is -0.352 e. The van der Waals surface area contributed by atoms with Crippen LogP contribution in [-0.4, -0.2) is 11.9 Å². The van der Waals surface area contributed by atoms with Crippen LogP contribution in [0.5, 0.6) is 0 Å². The third-order valence-electron chi connectivity index (χ3n) is 3.76. The SMILES string of the molecule is O=C(NC1CC1)[C@H](Sc1ccc(Cl)c(C(F)(F)F)c1)c1ccccc1. The second-order valence-corrected chi connectivity index (χ2v) is 7.42. The summed E-state index contributed by atoms with van der Waals surface area (Å²) in [4.78, 5) is 12.9.